The summed E-state index contributed by atoms with van der Waals surface area (Å²) in [4.78, 5) is 25.9. The molecule has 0 spiro atoms. The summed E-state index contributed by atoms with van der Waals surface area (Å²) in [6.45, 7) is 4.58. The van der Waals surface area contributed by atoms with Crippen LogP contribution in [0.1, 0.15) is 30.9 Å². The highest BCUT2D eigenvalue weighted by atomic mass is 16.5. The smallest absolute Gasteiger partial charge is 0.263 e. The van der Waals surface area contributed by atoms with Gasteiger partial charge in [-0.15, -0.1) is 0 Å². The second-order valence-electron chi connectivity index (χ2n) is 6.29. The van der Waals surface area contributed by atoms with Gasteiger partial charge in [-0.05, 0) is 36.6 Å². The van der Waals surface area contributed by atoms with Crippen LogP contribution in [0.25, 0.3) is 0 Å². The van der Waals surface area contributed by atoms with E-state index in [1.165, 1.54) is 0 Å². The maximum absolute atomic E-state index is 13.0. The Labute approximate surface area is 154 Å². The first kappa shape index (κ1) is 19.5. The highest BCUT2D eigenvalue weighted by Gasteiger charge is 2.25. The van der Waals surface area contributed by atoms with Crippen LogP contribution in [0.2, 0.25) is 0 Å². The zero-order chi connectivity index (χ0) is 18.9. The summed E-state index contributed by atoms with van der Waals surface area (Å²) in [7, 11) is 0. The minimum atomic E-state index is -0.603. The monoisotopic (exact) mass is 354 g/mol. The zero-order valence-corrected chi connectivity index (χ0v) is 15.4. The van der Waals surface area contributed by atoms with Crippen LogP contribution in [0.15, 0.2) is 54.6 Å². The lowest BCUT2D eigenvalue weighted by atomic mass is 10.1. The average Bonchev–Trinajstić information content (AvgIpc) is 2.63. The lowest BCUT2D eigenvalue weighted by molar-refractivity contribution is -0.139. The predicted octanol–water partition coefficient (Wildman–Crippen LogP) is 3.06. The Balaban J connectivity index is 2.14. The van der Waals surface area contributed by atoms with Crippen molar-refractivity contribution in [2.24, 2.45) is 5.73 Å². The molecule has 5 heteroatoms. The number of hydrogen-bond donors (Lipinski definition) is 1. The van der Waals surface area contributed by atoms with E-state index in [1.807, 2.05) is 68.4 Å². The van der Waals surface area contributed by atoms with E-state index in [9.17, 15) is 9.59 Å². The molecule has 0 aliphatic heterocycles. The number of nitrogens with zero attached hydrogens (tertiary/aromatic N) is 1. The predicted molar refractivity (Wildman–Crippen MR) is 102 cm³/mol. The number of nitrogens with two attached hydrogens (primary N) is 1. The van der Waals surface area contributed by atoms with E-state index in [1.54, 1.807) is 4.90 Å². The van der Waals surface area contributed by atoms with Gasteiger partial charge in [0.2, 0.25) is 5.91 Å². The van der Waals surface area contributed by atoms with E-state index >= 15 is 0 Å². The van der Waals surface area contributed by atoms with Gasteiger partial charge in [0.15, 0.2) is 6.10 Å². The van der Waals surface area contributed by atoms with Crippen LogP contribution in [0, 0.1) is 6.92 Å². The molecule has 0 aromatic heterocycles. The number of primary amides is 1. The van der Waals surface area contributed by atoms with Crippen molar-refractivity contribution in [2.45, 2.75) is 39.3 Å². The molecule has 1 atom stereocenters. The number of amides is 2. The fraction of sp³-hybridized carbons (Fsp3) is 0.333. The summed E-state index contributed by atoms with van der Waals surface area (Å²) in [5.41, 5.74) is 7.34. The van der Waals surface area contributed by atoms with Crippen LogP contribution in [0.4, 0.5) is 0 Å². The van der Waals surface area contributed by atoms with Gasteiger partial charge in [0.1, 0.15) is 5.75 Å². The van der Waals surface area contributed by atoms with Gasteiger partial charge in [0, 0.05) is 19.5 Å². The SMILES string of the molecule is CCC(Oc1cccc(C)c1)C(=O)N(CCC(N)=O)Cc1ccccc1. The van der Waals surface area contributed by atoms with Gasteiger partial charge in [-0.1, -0.05) is 49.4 Å². The molecule has 2 aromatic carbocycles. The van der Waals surface area contributed by atoms with E-state index in [-0.39, 0.29) is 18.9 Å². The minimum absolute atomic E-state index is 0.124. The molecule has 26 heavy (non-hydrogen) atoms. The summed E-state index contributed by atoms with van der Waals surface area (Å²) < 4.78 is 5.92. The van der Waals surface area contributed by atoms with Gasteiger partial charge in [-0.3, -0.25) is 9.59 Å². The Morgan fingerprint density at radius 2 is 1.85 bits per heavy atom. The molecule has 2 amide bonds. The van der Waals surface area contributed by atoms with Crippen molar-refractivity contribution < 1.29 is 14.3 Å². The lowest BCUT2D eigenvalue weighted by Gasteiger charge is -2.27. The number of carbonyl (C=O) groups is 2. The van der Waals surface area contributed by atoms with E-state index in [2.05, 4.69) is 0 Å². The number of aryl methyl sites for hydroxylation is 1. The third-order valence-corrected chi connectivity index (χ3v) is 4.07. The van der Waals surface area contributed by atoms with Crippen molar-refractivity contribution in [1.29, 1.82) is 0 Å². The topological polar surface area (TPSA) is 72.6 Å². The number of benzene rings is 2. The molecule has 2 rings (SSSR count). The third kappa shape index (κ3) is 5.92. The summed E-state index contributed by atoms with van der Waals surface area (Å²) in [5, 5.41) is 0. The maximum Gasteiger partial charge on any atom is 0.263 e. The molecule has 0 saturated heterocycles. The van der Waals surface area contributed by atoms with Gasteiger partial charge in [0.25, 0.3) is 5.91 Å². The number of rotatable bonds is 9. The molecule has 2 aromatic rings. The van der Waals surface area contributed by atoms with Crippen molar-refractivity contribution in [2.75, 3.05) is 6.54 Å². The first-order valence-electron chi connectivity index (χ1n) is 8.84. The summed E-state index contributed by atoms with van der Waals surface area (Å²) in [6, 6.07) is 17.3. The number of hydrogen-bond acceptors (Lipinski definition) is 3. The highest BCUT2D eigenvalue weighted by Crippen LogP contribution is 2.17. The Bertz CT molecular complexity index is 731. The average molecular weight is 354 g/mol. The quantitative estimate of drug-likeness (QED) is 0.752. The molecular formula is C21H26N2O3. The van der Waals surface area contributed by atoms with Crippen LogP contribution in [0.3, 0.4) is 0 Å². The van der Waals surface area contributed by atoms with Crippen LogP contribution in [0.5, 0.6) is 5.75 Å². The Hall–Kier alpha value is -2.82. The zero-order valence-electron chi connectivity index (χ0n) is 15.4. The van der Waals surface area contributed by atoms with E-state index < -0.39 is 12.0 Å². The molecule has 0 saturated carbocycles. The van der Waals surface area contributed by atoms with Crippen molar-refractivity contribution in [1.82, 2.24) is 4.90 Å². The normalized spacial score (nSPS) is 11.6. The molecule has 0 fully saturated rings. The first-order valence-corrected chi connectivity index (χ1v) is 8.84. The van der Waals surface area contributed by atoms with Crippen LogP contribution < -0.4 is 10.5 Å². The van der Waals surface area contributed by atoms with E-state index in [0.717, 1.165) is 11.1 Å². The number of ether oxygens (including phenoxy) is 1. The first-order chi connectivity index (χ1) is 12.5. The second kappa shape index (κ2) is 9.61. The summed E-state index contributed by atoms with van der Waals surface area (Å²) >= 11 is 0. The van der Waals surface area contributed by atoms with Crippen LogP contribution in [-0.2, 0) is 16.1 Å². The maximum atomic E-state index is 13.0. The molecule has 138 valence electrons. The standard InChI is InChI=1S/C21H26N2O3/c1-3-19(26-18-11-7-8-16(2)14-18)21(25)23(13-12-20(22)24)15-17-9-5-4-6-10-17/h4-11,14,19H,3,12-13,15H2,1-2H3,(H2,22,24). The summed E-state index contributed by atoms with van der Waals surface area (Å²) in [5.74, 6) is 0.0994. The summed E-state index contributed by atoms with van der Waals surface area (Å²) in [6.07, 6.45) is 0.0575. The van der Waals surface area contributed by atoms with Gasteiger partial charge in [-0.2, -0.15) is 0 Å². The molecule has 0 aliphatic rings. The molecule has 0 aliphatic carbocycles. The Kier molecular flexibility index (Phi) is 7.21. The fourth-order valence-corrected chi connectivity index (χ4v) is 2.68. The highest BCUT2D eigenvalue weighted by molar-refractivity contribution is 5.82. The molecular weight excluding hydrogens is 328 g/mol. The Morgan fingerprint density at radius 3 is 2.46 bits per heavy atom. The largest absolute Gasteiger partial charge is 0.481 e. The van der Waals surface area contributed by atoms with Crippen molar-refractivity contribution >= 4 is 11.8 Å². The van der Waals surface area contributed by atoms with Gasteiger partial charge in [-0.25, -0.2) is 0 Å². The molecule has 5 nitrogen and oxygen atoms in total. The molecule has 0 radical (unpaired) electrons. The number of carbonyl (C=O) groups excluding carboxylic acids is 2. The lowest BCUT2D eigenvalue weighted by Crippen LogP contribution is -2.42. The van der Waals surface area contributed by atoms with Crippen molar-refractivity contribution in [3.05, 3.63) is 65.7 Å². The van der Waals surface area contributed by atoms with E-state index in [4.69, 9.17) is 10.5 Å². The molecule has 1 unspecified atom stereocenters. The molecule has 0 bridgehead atoms. The van der Waals surface area contributed by atoms with Gasteiger partial charge in [0.05, 0.1) is 0 Å². The van der Waals surface area contributed by atoms with Gasteiger partial charge >= 0.3 is 0 Å². The van der Waals surface area contributed by atoms with Crippen molar-refractivity contribution in [3.63, 3.8) is 0 Å². The third-order valence-electron chi connectivity index (χ3n) is 4.07. The minimum Gasteiger partial charge on any atom is -0.481 e. The molecule has 0 heterocycles. The Morgan fingerprint density at radius 1 is 1.12 bits per heavy atom. The fourth-order valence-electron chi connectivity index (χ4n) is 2.68. The second-order valence-corrected chi connectivity index (χ2v) is 6.29. The van der Waals surface area contributed by atoms with Crippen LogP contribution in [-0.4, -0.2) is 29.4 Å². The molecule has 2 N–H and O–H groups in total. The van der Waals surface area contributed by atoms with Gasteiger partial charge < -0.3 is 15.4 Å². The van der Waals surface area contributed by atoms with Crippen molar-refractivity contribution in [3.8, 4) is 5.75 Å². The van der Waals surface area contributed by atoms with Crippen LogP contribution >= 0.6 is 0 Å². The van der Waals surface area contributed by atoms with E-state index in [0.29, 0.717) is 18.7 Å².